The van der Waals surface area contributed by atoms with Crippen LogP contribution in [0.4, 0.5) is 0 Å². The summed E-state index contributed by atoms with van der Waals surface area (Å²) >= 11 is 1.39. The smallest absolute Gasteiger partial charge is 0.230 e. The Hall–Kier alpha value is -3.58. The minimum absolute atomic E-state index is 0.0555. The van der Waals surface area contributed by atoms with Crippen molar-refractivity contribution < 1.29 is 9.53 Å². The number of nitrogens with zero attached hydrogens (tertiary/aromatic N) is 3. The highest BCUT2D eigenvalue weighted by atomic mass is 32.2. The van der Waals surface area contributed by atoms with E-state index in [2.05, 4.69) is 64.3 Å². The molecule has 1 N–H and O–H groups in total. The van der Waals surface area contributed by atoms with Crippen LogP contribution in [-0.4, -0.2) is 33.5 Å². The highest BCUT2D eigenvalue weighted by Crippen LogP contribution is 2.25. The van der Waals surface area contributed by atoms with E-state index in [0.29, 0.717) is 18.1 Å². The number of aromatic nitrogens is 3. The maximum atomic E-state index is 12.5. The average molecular weight is 473 g/mol. The lowest BCUT2D eigenvalue weighted by Crippen LogP contribution is -2.24. The van der Waals surface area contributed by atoms with Gasteiger partial charge in [-0.25, -0.2) is 0 Å². The minimum atomic E-state index is -0.0555. The number of aryl methyl sites for hydroxylation is 2. The largest absolute Gasteiger partial charge is 0.497 e. The summed E-state index contributed by atoms with van der Waals surface area (Å²) in [6, 6.07) is 24.2. The summed E-state index contributed by atoms with van der Waals surface area (Å²) in [4.78, 5) is 12.5. The predicted molar refractivity (Wildman–Crippen MR) is 136 cm³/mol. The number of thioether (sulfide) groups is 1. The lowest BCUT2D eigenvalue weighted by atomic mass is 10.1. The Morgan fingerprint density at radius 1 is 0.941 bits per heavy atom. The second kappa shape index (κ2) is 11.0. The van der Waals surface area contributed by atoms with E-state index in [4.69, 9.17) is 4.74 Å². The van der Waals surface area contributed by atoms with E-state index >= 15 is 0 Å². The summed E-state index contributed by atoms with van der Waals surface area (Å²) in [6.45, 7) is 4.66. The molecule has 0 atom stereocenters. The monoisotopic (exact) mass is 472 g/mol. The molecule has 0 aliphatic rings. The van der Waals surface area contributed by atoms with Crippen molar-refractivity contribution in [2.75, 3.05) is 12.9 Å². The number of carbonyl (C=O) groups is 1. The Bertz CT molecular complexity index is 1250. The molecular formula is C27H28N4O2S. The van der Waals surface area contributed by atoms with E-state index < -0.39 is 0 Å². The quantitative estimate of drug-likeness (QED) is 0.351. The summed E-state index contributed by atoms with van der Waals surface area (Å²) in [7, 11) is 1.63. The maximum Gasteiger partial charge on any atom is 0.230 e. The third-order valence-corrected chi connectivity index (χ3v) is 6.56. The fourth-order valence-corrected chi connectivity index (χ4v) is 4.34. The normalized spacial score (nSPS) is 10.8. The van der Waals surface area contributed by atoms with Crippen molar-refractivity contribution in [2.45, 2.75) is 32.0 Å². The van der Waals surface area contributed by atoms with Gasteiger partial charge in [-0.15, -0.1) is 10.2 Å². The van der Waals surface area contributed by atoms with Gasteiger partial charge in [0.05, 0.1) is 12.9 Å². The van der Waals surface area contributed by atoms with Crippen molar-refractivity contribution in [2.24, 2.45) is 0 Å². The van der Waals surface area contributed by atoms with Crippen molar-refractivity contribution in [3.63, 3.8) is 0 Å². The van der Waals surface area contributed by atoms with E-state index in [1.165, 1.54) is 22.9 Å². The Morgan fingerprint density at radius 3 is 2.41 bits per heavy atom. The van der Waals surface area contributed by atoms with Gasteiger partial charge in [0.15, 0.2) is 5.16 Å². The first-order valence-corrected chi connectivity index (χ1v) is 12.1. The molecule has 34 heavy (non-hydrogen) atoms. The molecule has 1 aromatic heterocycles. The molecule has 7 heteroatoms. The van der Waals surface area contributed by atoms with Gasteiger partial charge in [-0.05, 0) is 60.4 Å². The van der Waals surface area contributed by atoms with Gasteiger partial charge in [-0.1, -0.05) is 60.3 Å². The van der Waals surface area contributed by atoms with Crippen LogP contribution in [0, 0.1) is 13.8 Å². The molecule has 0 bridgehead atoms. The Morgan fingerprint density at radius 2 is 1.71 bits per heavy atom. The van der Waals surface area contributed by atoms with Crippen LogP contribution in [0.1, 0.15) is 28.1 Å². The summed E-state index contributed by atoms with van der Waals surface area (Å²) in [5.41, 5.74) is 5.61. The lowest BCUT2D eigenvalue weighted by Gasteiger charge is -2.12. The Labute approximate surface area is 204 Å². The molecule has 174 valence electrons. The second-order valence-corrected chi connectivity index (χ2v) is 9.02. The maximum absolute atomic E-state index is 12.5. The fourth-order valence-electron chi connectivity index (χ4n) is 3.54. The van der Waals surface area contributed by atoms with Gasteiger partial charge in [0.1, 0.15) is 11.6 Å². The molecule has 0 saturated carbocycles. The number of nitrogens with one attached hydrogen (secondary N) is 1. The van der Waals surface area contributed by atoms with Crippen molar-refractivity contribution in [1.29, 1.82) is 0 Å². The van der Waals surface area contributed by atoms with Crippen LogP contribution >= 0.6 is 11.8 Å². The number of carbonyl (C=O) groups excluding carboxylic acids is 1. The molecule has 0 radical (unpaired) electrons. The van der Waals surface area contributed by atoms with E-state index in [0.717, 1.165) is 28.4 Å². The van der Waals surface area contributed by atoms with Crippen LogP contribution in [0.2, 0.25) is 0 Å². The number of benzene rings is 3. The fraction of sp³-hybridized carbons (Fsp3) is 0.222. The van der Waals surface area contributed by atoms with Crippen molar-refractivity contribution in [3.8, 4) is 11.4 Å². The summed E-state index contributed by atoms with van der Waals surface area (Å²) in [6.07, 6.45) is 0.658. The Kier molecular flexibility index (Phi) is 7.65. The highest BCUT2D eigenvalue weighted by Gasteiger charge is 2.17. The molecule has 0 fully saturated rings. The molecule has 1 heterocycles. The zero-order valence-electron chi connectivity index (χ0n) is 19.6. The number of hydrogen-bond donors (Lipinski definition) is 1. The third kappa shape index (κ3) is 5.85. The van der Waals surface area contributed by atoms with Crippen molar-refractivity contribution in [3.05, 3.63) is 101 Å². The van der Waals surface area contributed by atoms with E-state index in [1.54, 1.807) is 7.11 Å². The Balaban J connectivity index is 1.49. The van der Waals surface area contributed by atoms with Gasteiger partial charge in [0.25, 0.3) is 0 Å². The van der Waals surface area contributed by atoms with Gasteiger partial charge in [0, 0.05) is 18.7 Å². The third-order valence-electron chi connectivity index (χ3n) is 5.64. The number of hydrogen-bond acceptors (Lipinski definition) is 5. The number of ether oxygens (including phenoxy) is 1. The summed E-state index contributed by atoms with van der Waals surface area (Å²) < 4.78 is 7.23. The SMILES string of the molecule is COc1ccc(CNC(=O)CSc2nnc(Cc3ccccc3)n2-c2ccc(C)c(C)c2)cc1. The number of amides is 1. The van der Waals surface area contributed by atoms with E-state index in [-0.39, 0.29) is 11.7 Å². The molecular weight excluding hydrogens is 444 g/mol. The molecule has 4 rings (SSSR count). The summed E-state index contributed by atoms with van der Waals surface area (Å²) in [5.74, 6) is 1.84. The van der Waals surface area contributed by atoms with Crippen LogP contribution in [0.3, 0.4) is 0 Å². The van der Waals surface area contributed by atoms with Crippen LogP contribution in [0.15, 0.2) is 78.0 Å². The van der Waals surface area contributed by atoms with Crippen LogP contribution in [0.25, 0.3) is 5.69 Å². The first-order valence-electron chi connectivity index (χ1n) is 11.1. The molecule has 3 aromatic carbocycles. The first-order chi connectivity index (χ1) is 16.5. The van der Waals surface area contributed by atoms with Gasteiger partial charge < -0.3 is 10.1 Å². The van der Waals surface area contributed by atoms with Crippen LogP contribution < -0.4 is 10.1 Å². The van der Waals surface area contributed by atoms with Crippen LogP contribution in [-0.2, 0) is 17.8 Å². The molecule has 0 aliphatic carbocycles. The highest BCUT2D eigenvalue weighted by molar-refractivity contribution is 7.99. The molecule has 0 aliphatic heterocycles. The van der Waals surface area contributed by atoms with Gasteiger partial charge in [-0.2, -0.15) is 0 Å². The predicted octanol–water partition coefficient (Wildman–Crippen LogP) is 4.89. The van der Waals surface area contributed by atoms with Gasteiger partial charge >= 0.3 is 0 Å². The topological polar surface area (TPSA) is 69.0 Å². The molecule has 6 nitrogen and oxygen atoms in total. The summed E-state index contributed by atoms with van der Waals surface area (Å²) in [5, 5.41) is 12.6. The number of rotatable bonds is 9. The molecule has 1 amide bonds. The number of methoxy groups -OCH3 is 1. The van der Waals surface area contributed by atoms with E-state index in [1.807, 2.05) is 42.5 Å². The zero-order valence-corrected chi connectivity index (χ0v) is 20.4. The molecule has 0 saturated heterocycles. The minimum Gasteiger partial charge on any atom is -0.497 e. The second-order valence-electron chi connectivity index (χ2n) is 8.08. The lowest BCUT2D eigenvalue weighted by molar-refractivity contribution is -0.118. The molecule has 4 aromatic rings. The first kappa shape index (κ1) is 23.6. The average Bonchev–Trinajstić information content (AvgIpc) is 3.26. The molecule has 0 spiro atoms. The van der Waals surface area contributed by atoms with Crippen molar-refractivity contribution >= 4 is 17.7 Å². The molecule has 0 unspecified atom stereocenters. The van der Waals surface area contributed by atoms with Crippen molar-refractivity contribution in [1.82, 2.24) is 20.1 Å². The zero-order chi connectivity index (χ0) is 23.9. The van der Waals surface area contributed by atoms with Gasteiger partial charge in [-0.3, -0.25) is 9.36 Å². The van der Waals surface area contributed by atoms with E-state index in [9.17, 15) is 4.79 Å². The standard InChI is InChI=1S/C27H28N4O2S/c1-19-9-12-23(15-20(19)2)31-25(16-21-7-5-4-6-8-21)29-30-27(31)34-18-26(32)28-17-22-10-13-24(33-3)14-11-22/h4-15H,16-18H2,1-3H3,(H,28,32). The van der Waals surface area contributed by atoms with Gasteiger partial charge in [0.2, 0.25) is 5.91 Å². The van der Waals surface area contributed by atoms with Crippen LogP contribution in [0.5, 0.6) is 5.75 Å².